The number of halogens is 3. The van der Waals surface area contributed by atoms with Crippen LogP contribution in [0, 0.1) is 0 Å². The average molecular weight is 554 g/mol. The number of benzene rings is 2. The Hall–Kier alpha value is -1.36. The Morgan fingerprint density at radius 3 is 2.18 bits per heavy atom. The summed E-state index contributed by atoms with van der Waals surface area (Å²) in [4.78, 5) is 13.0. The fourth-order valence-corrected chi connectivity index (χ4v) is 4.62. The lowest BCUT2D eigenvalue weighted by atomic mass is 10.0. The Labute approximate surface area is 218 Å². The van der Waals surface area contributed by atoms with Crippen molar-refractivity contribution in [3.63, 3.8) is 0 Å². The predicted octanol–water partition coefficient (Wildman–Crippen LogP) is 9.46. The first-order valence-electron chi connectivity index (χ1n) is 12.0. The van der Waals surface area contributed by atoms with Crippen LogP contribution in [-0.4, -0.2) is 15.6 Å². The van der Waals surface area contributed by atoms with Crippen molar-refractivity contribution in [3.05, 3.63) is 63.8 Å². The van der Waals surface area contributed by atoms with E-state index in [2.05, 4.69) is 12.0 Å². The van der Waals surface area contributed by atoms with Gasteiger partial charge in [0.1, 0.15) is 5.69 Å². The van der Waals surface area contributed by atoms with Crippen LogP contribution in [0.4, 0.5) is 0 Å². The molecule has 0 N–H and O–H groups in total. The fourth-order valence-electron chi connectivity index (χ4n) is 4.16. The van der Waals surface area contributed by atoms with Crippen LogP contribution in [0.15, 0.2) is 42.5 Å². The number of fused-ring (bicyclic) bond motifs is 1. The maximum atomic E-state index is 13.0. The summed E-state index contributed by atoms with van der Waals surface area (Å²) in [6.45, 7) is 2.76. The molecule has 0 spiro atoms. The van der Waals surface area contributed by atoms with Crippen molar-refractivity contribution in [3.8, 4) is 0 Å². The van der Waals surface area contributed by atoms with Gasteiger partial charge in [-0.15, -0.1) is 17.0 Å². The Kier molecular flexibility index (Phi) is 12.5. The normalized spacial score (nSPS) is 11.0. The minimum atomic E-state index is 0. The minimum absolute atomic E-state index is 0. The molecule has 0 saturated carbocycles. The van der Waals surface area contributed by atoms with Crippen molar-refractivity contribution in [1.82, 2.24) is 9.78 Å². The van der Waals surface area contributed by atoms with Crippen LogP contribution in [0.2, 0.25) is 10.0 Å². The van der Waals surface area contributed by atoms with Gasteiger partial charge in [0.05, 0.1) is 12.1 Å². The van der Waals surface area contributed by atoms with Crippen LogP contribution in [0.5, 0.6) is 0 Å². The summed E-state index contributed by atoms with van der Waals surface area (Å²) < 4.78 is 1.87. The molecule has 2 aromatic carbocycles. The van der Waals surface area contributed by atoms with Crippen LogP contribution in [0.1, 0.15) is 93.6 Å². The molecule has 0 atom stereocenters. The topological polar surface area (TPSA) is 34.9 Å². The molecule has 0 aliphatic rings. The monoisotopic (exact) mass is 552 g/mol. The summed E-state index contributed by atoms with van der Waals surface area (Å²) in [5, 5.41) is 6.81. The lowest BCUT2D eigenvalue weighted by Gasteiger charge is -2.06. The van der Waals surface area contributed by atoms with E-state index in [0.717, 1.165) is 29.3 Å². The van der Waals surface area contributed by atoms with E-state index in [9.17, 15) is 4.79 Å². The summed E-state index contributed by atoms with van der Waals surface area (Å²) in [5.41, 5.74) is 2.45. The van der Waals surface area contributed by atoms with E-state index < -0.39 is 0 Å². The Balaban J connectivity index is 0.00000385. The van der Waals surface area contributed by atoms with Crippen molar-refractivity contribution >= 4 is 56.9 Å². The Bertz CT molecular complexity index is 1020. The second kappa shape index (κ2) is 14.8. The van der Waals surface area contributed by atoms with Crippen LogP contribution < -0.4 is 0 Å². The van der Waals surface area contributed by atoms with Gasteiger partial charge in [-0.3, -0.25) is 9.48 Å². The maximum Gasteiger partial charge on any atom is 0.183 e. The molecule has 0 bridgehead atoms. The number of Topliss-reactive ketones (excluding diaryl/α,β-unsaturated/α-hetero) is 1. The lowest BCUT2D eigenvalue weighted by Crippen LogP contribution is -2.05. The third kappa shape index (κ3) is 8.42. The average Bonchev–Trinajstić information content (AvgIpc) is 3.15. The molecular weight excluding hydrogens is 519 g/mol. The van der Waals surface area contributed by atoms with Gasteiger partial charge in [-0.25, -0.2) is 0 Å². The van der Waals surface area contributed by atoms with Crippen LogP contribution in [-0.2, 0) is 6.54 Å². The van der Waals surface area contributed by atoms with Gasteiger partial charge in [-0.05, 0) is 30.2 Å². The molecule has 0 aliphatic carbocycles. The van der Waals surface area contributed by atoms with E-state index in [-0.39, 0.29) is 22.8 Å². The van der Waals surface area contributed by atoms with Gasteiger partial charge in [0.15, 0.2) is 5.78 Å². The van der Waals surface area contributed by atoms with Crippen molar-refractivity contribution in [1.29, 1.82) is 0 Å². The summed E-state index contributed by atoms with van der Waals surface area (Å²) >= 11 is 12.4. The molecule has 33 heavy (non-hydrogen) atoms. The van der Waals surface area contributed by atoms with Crippen LogP contribution in [0.3, 0.4) is 0 Å². The van der Waals surface area contributed by atoms with E-state index in [0.29, 0.717) is 28.7 Å². The number of hydrogen-bond donors (Lipinski definition) is 0. The zero-order valence-corrected chi connectivity index (χ0v) is 22.7. The molecule has 180 valence electrons. The first-order chi connectivity index (χ1) is 15.6. The Morgan fingerprint density at radius 1 is 0.879 bits per heavy atom. The third-order valence-corrected chi connectivity index (χ3v) is 6.60. The number of unbranched alkanes of at least 4 members (excludes halogenated alkanes) is 9. The van der Waals surface area contributed by atoms with Crippen molar-refractivity contribution < 1.29 is 4.79 Å². The summed E-state index contributed by atoms with van der Waals surface area (Å²) in [5.74, 6) is 0.127. The Morgan fingerprint density at radius 2 is 1.52 bits per heavy atom. The molecule has 0 saturated heterocycles. The molecule has 0 unspecified atom stereocenters. The highest BCUT2D eigenvalue weighted by atomic mass is 79.9. The molecule has 0 amide bonds. The summed E-state index contributed by atoms with van der Waals surface area (Å²) in [6.07, 6.45) is 13.2. The van der Waals surface area contributed by atoms with E-state index in [1.165, 1.54) is 51.4 Å². The molecule has 3 rings (SSSR count). The van der Waals surface area contributed by atoms with Gasteiger partial charge >= 0.3 is 0 Å². The molecule has 0 fully saturated rings. The first kappa shape index (κ1) is 27.9. The minimum Gasteiger partial charge on any atom is -0.292 e. The zero-order valence-electron chi connectivity index (χ0n) is 19.5. The van der Waals surface area contributed by atoms with E-state index in [1.807, 2.05) is 41.1 Å². The number of ketones is 1. The molecule has 3 nitrogen and oxygen atoms in total. The van der Waals surface area contributed by atoms with Gasteiger partial charge in [0.2, 0.25) is 0 Å². The zero-order chi connectivity index (χ0) is 22.8. The molecule has 1 aromatic heterocycles. The number of nitrogens with zero attached hydrogens (tertiary/aromatic N) is 2. The molecule has 0 radical (unpaired) electrons. The molecule has 6 heteroatoms. The highest BCUT2D eigenvalue weighted by Gasteiger charge is 2.17. The molecule has 3 aromatic rings. The number of hydrogen-bond acceptors (Lipinski definition) is 2. The van der Waals surface area contributed by atoms with Gasteiger partial charge in [0, 0.05) is 21.9 Å². The second-order valence-corrected chi connectivity index (χ2v) is 9.46. The van der Waals surface area contributed by atoms with Crippen LogP contribution >= 0.6 is 40.2 Å². The number of carbonyl (C=O) groups excluding carboxylic acids is 1. The lowest BCUT2D eigenvalue weighted by molar-refractivity contribution is 0.0975. The van der Waals surface area contributed by atoms with Gasteiger partial charge < -0.3 is 0 Å². The smallest absolute Gasteiger partial charge is 0.183 e. The highest BCUT2D eigenvalue weighted by Crippen LogP contribution is 2.25. The van der Waals surface area contributed by atoms with Crippen molar-refractivity contribution in [2.45, 2.75) is 84.1 Å². The van der Waals surface area contributed by atoms with Crippen molar-refractivity contribution in [2.24, 2.45) is 0 Å². The number of rotatable bonds is 14. The molecule has 1 heterocycles. The molecule has 0 aliphatic heterocycles. The van der Waals surface area contributed by atoms with E-state index in [4.69, 9.17) is 23.2 Å². The second-order valence-electron chi connectivity index (χ2n) is 8.61. The number of aromatic nitrogens is 2. The van der Waals surface area contributed by atoms with Gasteiger partial charge in [-0.2, -0.15) is 5.10 Å². The first-order valence-corrected chi connectivity index (χ1v) is 12.8. The van der Waals surface area contributed by atoms with Crippen molar-refractivity contribution in [2.75, 3.05) is 0 Å². The van der Waals surface area contributed by atoms with Gasteiger partial charge in [-0.1, -0.05) is 112 Å². The fraction of sp³-hybridized carbons (Fsp3) is 0.481. The van der Waals surface area contributed by atoms with E-state index >= 15 is 0 Å². The SMILES string of the molecule is Br.CCCCCCCCCCCCC(=O)c1nn(Cc2ccc(Cl)cc2Cl)c2ccccc12. The number of para-hydroxylation sites is 1. The number of carbonyl (C=O) groups is 1. The largest absolute Gasteiger partial charge is 0.292 e. The third-order valence-electron chi connectivity index (χ3n) is 6.01. The predicted molar refractivity (Wildman–Crippen MR) is 146 cm³/mol. The summed E-state index contributed by atoms with van der Waals surface area (Å²) in [6, 6.07) is 13.4. The van der Waals surface area contributed by atoms with E-state index in [1.54, 1.807) is 6.07 Å². The summed E-state index contributed by atoms with van der Waals surface area (Å²) in [7, 11) is 0. The molecular formula is C27H35BrCl2N2O. The quantitative estimate of drug-likeness (QED) is 0.147. The standard InChI is InChI=1S/C27H34Cl2N2O.BrH/c1-2-3-4-5-6-7-8-9-10-11-16-26(32)27-23-14-12-13-15-25(23)31(30-27)20-21-17-18-22(28)19-24(21)29;/h12-15,17-19H,2-11,16,20H2,1H3;1H. The van der Waals surface area contributed by atoms with Gasteiger partial charge in [0.25, 0.3) is 0 Å². The maximum absolute atomic E-state index is 13.0. The highest BCUT2D eigenvalue weighted by molar-refractivity contribution is 8.93. The van der Waals surface area contributed by atoms with Crippen LogP contribution in [0.25, 0.3) is 10.9 Å².